The number of hydrogen-bond donors (Lipinski definition) is 0. The van der Waals surface area contributed by atoms with Crippen LogP contribution >= 0.6 is 11.6 Å². The highest BCUT2D eigenvalue weighted by Gasteiger charge is 2.32. The van der Waals surface area contributed by atoms with Gasteiger partial charge in [0.25, 0.3) is 5.95 Å². The number of benzene rings is 1. The molecule has 0 spiro atoms. The van der Waals surface area contributed by atoms with Gasteiger partial charge in [0.2, 0.25) is 0 Å². The maximum absolute atomic E-state index is 13.8. The van der Waals surface area contributed by atoms with Crippen molar-refractivity contribution < 1.29 is 17.6 Å². The Hall–Kier alpha value is -2.88. The number of aromatic nitrogens is 5. The molecule has 2 heterocycles. The van der Waals surface area contributed by atoms with E-state index in [1.807, 2.05) is 0 Å². The van der Waals surface area contributed by atoms with Crippen molar-refractivity contribution in [3.05, 3.63) is 64.2 Å². The van der Waals surface area contributed by atoms with E-state index in [4.69, 9.17) is 11.6 Å². The van der Waals surface area contributed by atoms with E-state index in [-0.39, 0.29) is 22.9 Å². The maximum Gasteiger partial charge on any atom is 0.416 e. The number of nitrogens with zero attached hydrogens (tertiary/aromatic N) is 6. The standard InChI is InChI=1S/C15H9ClF4N6/c1-26-24-14(23-25-26)22-13(12-3-2-10(16)7-21-12)8-4-9(15(18,19)20)6-11(17)5-8/h2-7H,1H3. The molecule has 0 aliphatic heterocycles. The average molecular weight is 385 g/mol. The summed E-state index contributed by atoms with van der Waals surface area (Å²) in [5, 5.41) is 11.4. The molecule has 0 bridgehead atoms. The highest BCUT2D eigenvalue weighted by molar-refractivity contribution is 6.30. The van der Waals surface area contributed by atoms with Crippen LogP contribution in [0, 0.1) is 5.82 Å². The molecule has 0 radical (unpaired) electrons. The molecule has 0 saturated carbocycles. The summed E-state index contributed by atoms with van der Waals surface area (Å²) in [6.45, 7) is 0. The van der Waals surface area contributed by atoms with Crippen LogP contribution in [0.3, 0.4) is 0 Å². The number of aryl methyl sites for hydroxylation is 1. The van der Waals surface area contributed by atoms with Gasteiger partial charge in [-0.1, -0.05) is 16.7 Å². The Labute approximate surface area is 149 Å². The second kappa shape index (κ2) is 6.79. The molecule has 0 amide bonds. The van der Waals surface area contributed by atoms with Crippen LogP contribution < -0.4 is 0 Å². The molecule has 26 heavy (non-hydrogen) atoms. The van der Waals surface area contributed by atoms with Gasteiger partial charge in [0.1, 0.15) is 11.5 Å². The Balaban J connectivity index is 2.19. The fraction of sp³-hybridized carbons (Fsp3) is 0.133. The zero-order valence-electron chi connectivity index (χ0n) is 13.0. The fourth-order valence-electron chi connectivity index (χ4n) is 2.09. The molecule has 0 aliphatic carbocycles. The minimum Gasteiger partial charge on any atom is -0.253 e. The first-order valence-corrected chi connectivity index (χ1v) is 7.43. The molecule has 3 rings (SSSR count). The summed E-state index contributed by atoms with van der Waals surface area (Å²) in [5.74, 6) is -1.18. The lowest BCUT2D eigenvalue weighted by Gasteiger charge is -2.11. The summed E-state index contributed by atoms with van der Waals surface area (Å²) in [6.07, 6.45) is -3.43. The predicted octanol–water partition coefficient (Wildman–Crippen LogP) is 3.59. The van der Waals surface area contributed by atoms with Crippen molar-refractivity contribution in [1.29, 1.82) is 0 Å². The van der Waals surface area contributed by atoms with Gasteiger partial charge in [-0.05, 0) is 35.5 Å². The van der Waals surface area contributed by atoms with Gasteiger partial charge < -0.3 is 0 Å². The number of halogens is 5. The topological polar surface area (TPSA) is 68.8 Å². The van der Waals surface area contributed by atoms with Crippen molar-refractivity contribution in [3.63, 3.8) is 0 Å². The van der Waals surface area contributed by atoms with Gasteiger partial charge >= 0.3 is 6.18 Å². The Bertz CT molecular complexity index is 965. The summed E-state index contributed by atoms with van der Waals surface area (Å²) in [6, 6.07) is 5.01. The first-order chi connectivity index (χ1) is 12.2. The molecule has 2 aromatic heterocycles. The fourth-order valence-corrected chi connectivity index (χ4v) is 2.21. The minimum absolute atomic E-state index is 0.0559. The van der Waals surface area contributed by atoms with Gasteiger partial charge in [0.15, 0.2) is 0 Å². The Kier molecular flexibility index (Phi) is 4.68. The first-order valence-electron chi connectivity index (χ1n) is 7.05. The van der Waals surface area contributed by atoms with Crippen molar-refractivity contribution in [2.24, 2.45) is 12.0 Å². The van der Waals surface area contributed by atoms with Crippen molar-refractivity contribution >= 4 is 23.3 Å². The molecule has 3 aromatic rings. The summed E-state index contributed by atoms with van der Waals surface area (Å²) in [4.78, 5) is 9.24. The number of alkyl halides is 3. The monoisotopic (exact) mass is 384 g/mol. The van der Waals surface area contributed by atoms with Crippen LogP contribution in [-0.4, -0.2) is 30.9 Å². The van der Waals surface area contributed by atoms with Gasteiger partial charge in [0.05, 0.1) is 23.3 Å². The Morgan fingerprint density at radius 1 is 1.19 bits per heavy atom. The van der Waals surface area contributed by atoms with Crippen molar-refractivity contribution in [2.75, 3.05) is 0 Å². The highest BCUT2D eigenvalue weighted by Crippen LogP contribution is 2.31. The van der Waals surface area contributed by atoms with Gasteiger partial charge in [0, 0.05) is 11.8 Å². The van der Waals surface area contributed by atoms with Crippen molar-refractivity contribution in [1.82, 2.24) is 25.2 Å². The lowest BCUT2D eigenvalue weighted by molar-refractivity contribution is -0.137. The molecule has 0 fully saturated rings. The second-order valence-electron chi connectivity index (χ2n) is 5.13. The van der Waals surface area contributed by atoms with Crippen molar-refractivity contribution in [2.45, 2.75) is 6.18 Å². The summed E-state index contributed by atoms with van der Waals surface area (Å²) >= 11 is 5.79. The second-order valence-corrected chi connectivity index (χ2v) is 5.56. The smallest absolute Gasteiger partial charge is 0.253 e. The molecule has 1 aromatic carbocycles. The van der Waals surface area contributed by atoms with Gasteiger partial charge in [-0.2, -0.15) is 18.0 Å². The van der Waals surface area contributed by atoms with Crippen LogP contribution in [0.25, 0.3) is 0 Å². The van der Waals surface area contributed by atoms with Crippen LogP contribution in [0.4, 0.5) is 23.5 Å². The van der Waals surface area contributed by atoms with E-state index in [1.54, 1.807) is 0 Å². The number of aliphatic imine (C=N–C) groups is 1. The molecule has 0 N–H and O–H groups in total. The van der Waals surface area contributed by atoms with Crippen LogP contribution in [0.1, 0.15) is 16.8 Å². The zero-order valence-corrected chi connectivity index (χ0v) is 13.8. The molecule has 134 valence electrons. The van der Waals surface area contributed by atoms with E-state index in [2.05, 4.69) is 25.4 Å². The number of tetrazole rings is 1. The van der Waals surface area contributed by atoms with E-state index in [9.17, 15) is 17.6 Å². The molecule has 0 aliphatic rings. The third kappa shape index (κ3) is 4.02. The van der Waals surface area contributed by atoms with Crippen LogP contribution in [0.2, 0.25) is 5.02 Å². The van der Waals surface area contributed by atoms with Gasteiger partial charge in [-0.3, -0.25) is 4.98 Å². The van der Waals surface area contributed by atoms with Gasteiger partial charge in [-0.25, -0.2) is 9.38 Å². The lowest BCUT2D eigenvalue weighted by Crippen LogP contribution is -2.11. The van der Waals surface area contributed by atoms with E-state index in [1.165, 1.54) is 25.4 Å². The zero-order chi connectivity index (χ0) is 18.9. The van der Waals surface area contributed by atoms with E-state index < -0.39 is 17.6 Å². The van der Waals surface area contributed by atoms with Crippen LogP contribution in [0.5, 0.6) is 0 Å². The quantitative estimate of drug-likeness (QED) is 0.511. The molecular formula is C15H9ClF4N6. The molecule has 6 nitrogen and oxygen atoms in total. The van der Waals surface area contributed by atoms with Crippen LogP contribution in [0.15, 0.2) is 41.5 Å². The Morgan fingerprint density at radius 3 is 2.54 bits per heavy atom. The molecule has 0 atom stereocenters. The Morgan fingerprint density at radius 2 is 1.96 bits per heavy atom. The summed E-state index contributed by atoms with van der Waals surface area (Å²) in [5.41, 5.74) is -1.18. The van der Waals surface area contributed by atoms with Gasteiger partial charge in [-0.15, -0.1) is 5.10 Å². The minimum atomic E-state index is -4.72. The molecule has 11 heteroatoms. The average Bonchev–Trinajstić information content (AvgIpc) is 2.97. The molecule has 0 unspecified atom stereocenters. The number of pyridine rings is 1. The first kappa shape index (κ1) is 17.9. The normalized spacial score (nSPS) is 12.5. The van der Waals surface area contributed by atoms with Crippen LogP contribution in [-0.2, 0) is 13.2 Å². The largest absolute Gasteiger partial charge is 0.416 e. The maximum atomic E-state index is 13.8. The third-order valence-corrected chi connectivity index (χ3v) is 3.40. The summed E-state index contributed by atoms with van der Waals surface area (Å²) in [7, 11) is 1.50. The van der Waals surface area contributed by atoms with E-state index in [0.29, 0.717) is 11.1 Å². The van der Waals surface area contributed by atoms with E-state index in [0.717, 1.165) is 16.9 Å². The third-order valence-electron chi connectivity index (χ3n) is 3.18. The van der Waals surface area contributed by atoms with E-state index >= 15 is 0 Å². The summed E-state index contributed by atoms with van der Waals surface area (Å²) < 4.78 is 52.9. The number of hydrogen-bond acceptors (Lipinski definition) is 5. The SMILES string of the molecule is Cn1nnc(N=C(c2cc(F)cc(C(F)(F)F)c2)c2ccc(Cl)cn2)n1. The predicted molar refractivity (Wildman–Crippen MR) is 84.7 cm³/mol. The highest BCUT2D eigenvalue weighted by atomic mass is 35.5. The van der Waals surface area contributed by atoms with Crippen molar-refractivity contribution in [3.8, 4) is 0 Å². The lowest BCUT2D eigenvalue weighted by atomic mass is 10.0. The number of rotatable bonds is 3. The molecular weight excluding hydrogens is 376 g/mol. The molecule has 0 saturated heterocycles.